The molecule has 2 fully saturated rings. The molecule has 2 aromatic carbocycles. The first kappa shape index (κ1) is 39.3. The number of hydrogen-bond acceptors (Lipinski definition) is 4. The quantitative estimate of drug-likeness (QED) is 0.113. The van der Waals surface area contributed by atoms with Gasteiger partial charge in [-0.1, -0.05) is 131 Å². The molecule has 0 atom stereocenters. The van der Waals surface area contributed by atoms with Crippen molar-refractivity contribution in [3.63, 3.8) is 0 Å². The smallest absolute Gasteiger partial charge is 0.216 e. The Labute approximate surface area is 332 Å². The molecule has 53 heavy (non-hydrogen) atoms. The van der Waals surface area contributed by atoms with E-state index in [9.17, 15) is 0 Å². The summed E-state index contributed by atoms with van der Waals surface area (Å²) in [5.41, 5.74) is 10.9. The predicted molar refractivity (Wildman–Crippen MR) is 220 cm³/mol. The van der Waals surface area contributed by atoms with Crippen molar-refractivity contribution in [2.45, 2.75) is 117 Å². The molecule has 8 rings (SSSR count). The van der Waals surface area contributed by atoms with Crippen LogP contribution >= 0.6 is 0 Å². The molecule has 4 nitrogen and oxygen atoms in total. The molecule has 0 amide bonds. The van der Waals surface area contributed by atoms with Gasteiger partial charge in [0.25, 0.3) is 0 Å². The molecule has 4 heterocycles. The van der Waals surface area contributed by atoms with E-state index in [1.165, 1.54) is 79.7 Å². The topological polar surface area (TPSA) is 51.8 Å². The van der Waals surface area contributed by atoms with Gasteiger partial charge in [0.05, 0.1) is 13.7 Å². The Morgan fingerprint density at radius 2 is 1.60 bits per heavy atom. The molecule has 279 valence electrons. The van der Waals surface area contributed by atoms with Crippen molar-refractivity contribution in [3.8, 4) is 22.5 Å². The minimum Gasteiger partial charge on any atom is -0.486 e. The molecule has 0 N–H and O–H groups in total. The molecule has 1 radical (unpaired) electrons. The number of aryl methyl sites for hydroxylation is 1. The monoisotopic (exact) mass is 898 g/mol. The summed E-state index contributed by atoms with van der Waals surface area (Å²) in [6.45, 7) is 13.8. The van der Waals surface area contributed by atoms with Crippen LogP contribution < -0.4 is 5.19 Å². The second-order valence-electron chi connectivity index (χ2n) is 16.9. The summed E-state index contributed by atoms with van der Waals surface area (Å²) in [5, 5.41) is 3.63. The van der Waals surface area contributed by atoms with Crippen LogP contribution in [0.4, 0.5) is 0 Å². The fraction of sp³-hybridized carbons (Fsp3) is 0.426. The average molecular weight is 898 g/mol. The Balaban J connectivity index is 0.000000178. The number of aromatic nitrogens is 3. The van der Waals surface area contributed by atoms with Crippen molar-refractivity contribution in [1.82, 2.24) is 15.0 Å². The van der Waals surface area contributed by atoms with E-state index < -0.39 is 8.07 Å². The van der Waals surface area contributed by atoms with Gasteiger partial charge >= 0.3 is 0 Å². The Morgan fingerprint density at radius 3 is 2.32 bits per heavy atom. The van der Waals surface area contributed by atoms with Gasteiger partial charge in [0, 0.05) is 43.6 Å². The summed E-state index contributed by atoms with van der Waals surface area (Å²) in [6, 6.07) is 28.4. The fourth-order valence-electron chi connectivity index (χ4n) is 8.41. The zero-order valence-corrected chi connectivity index (χ0v) is 35.9. The summed E-state index contributed by atoms with van der Waals surface area (Å²) in [6.07, 6.45) is 18.7. The second-order valence-corrected chi connectivity index (χ2v) is 21.9. The minimum atomic E-state index is -1.37. The van der Waals surface area contributed by atoms with Crippen LogP contribution in [0.1, 0.15) is 99.9 Å². The van der Waals surface area contributed by atoms with E-state index in [2.05, 4.69) is 104 Å². The van der Waals surface area contributed by atoms with Gasteiger partial charge in [-0.3, -0.25) is 0 Å². The van der Waals surface area contributed by atoms with Gasteiger partial charge in [0.1, 0.15) is 0 Å². The Kier molecular flexibility index (Phi) is 12.9. The van der Waals surface area contributed by atoms with Gasteiger partial charge in [0.15, 0.2) is 0 Å². The number of fused-ring (bicyclic) bond motifs is 3. The molecule has 0 saturated heterocycles. The number of hydrogen-bond donors (Lipinski definition) is 0. The van der Waals surface area contributed by atoms with E-state index >= 15 is 0 Å². The number of benzene rings is 2. The van der Waals surface area contributed by atoms with Crippen LogP contribution in [0.3, 0.4) is 0 Å². The molecule has 2 aliphatic carbocycles. The van der Waals surface area contributed by atoms with Gasteiger partial charge in [-0.05, 0) is 66.4 Å². The third-order valence-corrected chi connectivity index (χ3v) is 13.2. The molecular formula is C47H55IrN3OSi-2. The minimum absolute atomic E-state index is 0. The number of furan rings is 1. The van der Waals surface area contributed by atoms with E-state index in [-0.39, 0.29) is 20.1 Å². The predicted octanol–water partition coefficient (Wildman–Crippen LogP) is 12.2. The Bertz CT molecular complexity index is 2120. The van der Waals surface area contributed by atoms with Gasteiger partial charge in [-0.15, -0.1) is 53.6 Å². The second kappa shape index (κ2) is 17.4. The van der Waals surface area contributed by atoms with Crippen molar-refractivity contribution < 1.29 is 24.5 Å². The van der Waals surface area contributed by atoms with Crippen molar-refractivity contribution in [2.24, 2.45) is 11.8 Å². The molecule has 0 spiro atoms. The van der Waals surface area contributed by atoms with Crippen molar-refractivity contribution >= 4 is 35.3 Å². The fourth-order valence-corrected chi connectivity index (χ4v) is 9.99. The molecule has 0 aliphatic heterocycles. The summed E-state index contributed by atoms with van der Waals surface area (Å²) in [7, 11) is -1.37. The number of rotatable bonds is 8. The van der Waals surface area contributed by atoms with Crippen LogP contribution in [-0.2, 0) is 32.9 Å². The first-order valence-electron chi connectivity index (χ1n) is 19.8. The largest absolute Gasteiger partial charge is 0.486 e. The third kappa shape index (κ3) is 9.45. The average Bonchev–Trinajstić information content (AvgIpc) is 3.79. The summed E-state index contributed by atoms with van der Waals surface area (Å²) in [4.78, 5) is 14.0. The maximum absolute atomic E-state index is 6.11. The molecule has 6 aromatic rings. The van der Waals surface area contributed by atoms with Crippen molar-refractivity contribution in [1.29, 1.82) is 0 Å². The van der Waals surface area contributed by atoms with Gasteiger partial charge < -0.3 is 14.4 Å². The normalized spacial score (nSPS) is 15.5. The standard InChI is InChI=1S/C24H34NSi.C23H21N2O.Ir/c1-18(2)15-22-16-23(25-17-24(22)26(3,4)5)21-13-11-20(12-14-21)19-9-7-6-8-10-19;1-15-9-10-19-18-7-4-8-20(22(18)26-23(19)25-15)21-14-17(11-12-24-21)13-16-5-2-3-6-16;/h11-13,16-19H,6-10,15H2,1-5H3;4,7,9-12,14,16H,2-3,5-6,13H2,1H3;/q2*-1;. The van der Waals surface area contributed by atoms with Crippen LogP contribution in [0.5, 0.6) is 0 Å². The summed E-state index contributed by atoms with van der Waals surface area (Å²) < 4.78 is 6.11. The zero-order chi connectivity index (χ0) is 36.2. The van der Waals surface area contributed by atoms with Crippen LogP contribution in [-0.4, -0.2) is 23.0 Å². The Morgan fingerprint density at radius 1 is 0.830 bits per heavy atom. The zero-order valence-electron chi connectivity index (χ0n) is 32.5. The van der Waals surface area contributed by atoms with Crippen LogP contribution in [0, 0.1) is 30.9 Å². The molecule has 0 unspecified atom stereocenters. The SMILES string of the molecule is CC(C)Cc1cc(-c2[c-]cc(C3CCCCC3)cc2)ncc1[Si](C)(C)C.Cc1ccc2c(n1)oc1c(-c3cc(CC4CCCC4)ccn3)[c-]ccc12.[Ir]. The summed E-state index contributed by atoms with van der Waals surface area (Å²) in [5.74, 6) is 2.23. The number of nitrogens with zero attached hydrogens (tertiary/aromatic N) is 3. The first-order chi connectivity index (χ1) is 25.1. The maximum atomic E-state index is 6.11. The van der Waals surface area contributed by atoms with E-state index in [1.807, 2.05) is 31.3 Å². The van der Waals surface area contributed by atoms with E-state index in [0.29, 0.717) is 11.6 Å². The van der Waals surface area contributed by atoms with Gasteiger partial charge in [-0.2, -0.15) is 0 Å². The molecular weight excluding hydrogens is 843 g/mol. The number of pyridine rings is 3. The molecule has 6 heteroatoms. The van der Waals surface area contributed by atoms with E-state index in [1.54, 1.807) is 0 Å². The molecule has 2 aliphatic rings. The van der Waals surface area contributed by atoms with Crippen molar-refractivity contribution in [2.75, 3.05) is 0 Å². The molecule has 0 bridgehead atoms. The molecule has 4 aromatic heterocycles. The third-order valence-electron chi connectivity index (χ3n) is 11.1. The van der Waals surface area contributed by atoms with E-state index in [0.717, 1.165) is 69.2 Å². The Hall–Kier alpha value is -3.44. The first-order valence-corrected chi connectivity index (χ1v) is 23.3. The van der Waals surface area contributed by atoms with Gasteiger partial charge in [0.2, 0.25) is 5.71 Å². The van der Waals surface area contributed by atoms with Crippen LogP contribution in [0.2, 0.25) is 19.6 Å². The van der Waals surface area contributed by atoms with Crippen LogP contribution in [0.25, 0.3) is 44.6 Å². The van der Waals surface area contributed by atoms with Crippen LogP contribution in [0.15, 0.2) is 77.5 Å². The van der Waals surface area contributed by atoms with E-state index in [4.69, 9.17) is 9.40 Å². The van der Waals surface area contributed by atoms with Gasteiger partial charge in [-0.25, -0.2) is 4.98 Å². The maximum Gasteiger partial charge on any atom is 0.216 e. The molecule has 2 saturated carbocycles. The van der Waals surface area contributed by atoms with Crippen molar-refractivity contribution in [3.05, 3.63) is 108 Å². The summed E-state index contributed by atoms with van der Waals surface area (Å²) >= 11 is 0.